The average Bonchev–Trinajstić information content (AvgIpc) is 3.98. The van der Waals surface area contributed by atoms with Gasteiger partial charge in [-0.25, -0.2) is 0 Å². The van der Waals surface area contributed by atoms with E-state index in [-0.39, 0.29) is 39.7 Å². The molecule has 332 valence electrons. The van der Waals surface area contributed by atoms with Gasteiger partial charge in [0.1, 0.15) is 0 Å². The molecule has 10 rings (SSSR count). The first-order chi connectivity index (χ1) is 30.6. The second-order valence-electron chi connectivity index (χ2n) is 16.2. The fraction of sp³-hybridized carbons (Fsp3) is 0.0968. The molecule has 0 saturated carbocycles. The van der Waals surface area contributed by atoms with Gasteiger partial charge in [0.2, 0.25) is 0 Å². The van der Waals surface area contributed by atoms with Crippen molar-refractivity contribution >= 4 is 53.2 Å². The third kappa shape index (κ3) is 12.5. The molecule has 0 spiro atoms. The van der Waals surface area contributed by atoms with E-state index in [2.05, 4.69) is 251 Å². The van der Waals surface area contributed by atoms with E-state index in [0.29, 0.717) is 11.8 Å². The van der Waals surface area contributed by atoms with Crippen molar-refractivity contribution in [3.05, 3.63) is 268 Å². The van der Waals surface area contributed by atoms with E-state index >= 15 is 0 Å². The molecular formula is C62H58Cl2SiZr-4. The van der Waals surface area contributed by atoms with Crippen molar-refractivity contribution in [3.8, 4) is 44.5 Å². The molecule has 2 radical (unpaired) electrons. The maximum absolute atomic E-state index is 3.06. The number of hydrogen-bond donors (Lipinski definition) is 0. The number of halogens is 2. The van der Waals surface area contributed by atoms with Crippen LogP contribution >= 0.6 is 24.8 Å². The average molecular weight is 993 g/mol. The molecule has 0 aliphatic heterocycles. The van der Waals surface area contributed by atoms with Crippen LogP contribution in [0.25, 0.3) is 66.1 Å². The Morgan fingerprint density at radius 2 is 0.606 bits per heavy atom. The van der Waals surface area contributed by atoms with Crippen molar-refractivity contribution < 1.29 is 23.3 Å². The number of rotatable bonds is 10. The maximum atomic E-state index is 3.06. The number of benzene rings is 8. The summed E-state index contributed by atoms with van der Waals surface area (Å²) >= 11 is 1.36. The number of hydrogen-bond acceptors (Lipinski definition) is 0. The zero-order valence-electron chi connectivity index (χ0n) is 38.3. The third-order valence-corrected chi connectivity index (χ3v) is 12.1. The molecule has 0 saturated heterocycles. The second-order valence-corrected chi connectivity index (χ2v) is 16.2. The van der Waals surface area contributed by atoms with E-state index < -0.39 is 0 Å². The molecule has 66 heavy (non-hydrogen) atoms. The van der Waals surface area contributed by atoms with Crippen LogP contribution in [0.5, 0.6) is 0 Å². The molecule has 0 heterocycles. The molecule has 2 atom stereocenters. The van der Waals surface area contributed by atoms with Crippen LogP contribution in [-0.2, 0) is 36.2 Å². The van der Waals surface area contributed by atoms with Gasteiger partial charge in [-0.1, -0.05) is 253 Å². The molecule has 10 aromatic rings. The summed E-state index contributed by atoms with van der Waals surface area (Å²) in [4.78, 5) is 0. The summed E-state index contributed by atoms with van der Waals surface area (Å²) in [6.45, 7) is 7.71. The predicted octanol–water partition coefficient (Wildman–Crippen LogP) is 17.8. The van der Waals surface area contributed by atoms with Crippen molar-refractivity contribution in [1.29, 1.82) is 0 Å². The summed E-state index contributed by atoms with van der Waals surface area (Å²) in [5.41, 5.74) is 15.9. The van der Waals surface area contributed by atoms with E-state index in [1.165, 1.54) is 112 Å². The van der Waals surface area contributed by atoms with Gasteiger partial charge in [0.15, 0.2) is 0 Å². The van der Waals surface area contributed by atoms with Gasteiger partial charge in [0.25, 0.3) is 0 Å². The Hall–Kier alpha value is -5.34. The minimum atomic E-state index is 0. The van der Waals surface area contributed by atoms with E-state index in [0.717, 1.165) is 12.8 Å². The van der Waals surface area contributed by atoms with E-state index in [1.807, 2.05) is 0 Å². The summed E-state index contributed by atoms with van der Waals surface area (Å²) in [7, 11) is 0. The quantitative estimate of drug-likeness (QED) is 0.0946. The van der Waals surface area contributed by atoms with Crippen LogP contribution in [0.2, 0.25) is 0 Å². The molecular weight excluding hydrogens is 935 g/mol. The SMILES string of the molecule is CC(Cc1cc2c(-c3ccccc3)ccc(-c3ccccc3)c2[cH-]1)c1ccccc1.CC(Cc1cc2c(-c3ccccc3)ccc(-c3ccccc3)c2[cH-]1)c1ccccc1.Cl.Cl.[CH3-].[CH3-].[Si]=[Zr]. The van der Waals surface area contributed by atoms with Gasteiger partial charge in [-0.05, 0) is 46.9 Å². The molecule has 0 bridgehead atoms. The molecule has 0 aliphatic carbocycles. The third-order valence-electron chi connectivity index (χ3n) is 12.1. The second kappa shape index (κ2) is 26.1. The van der Waals surface area contributed by atoms with Crippen molar-refractivity contribution in [3.63, 3.8) is 0 Å². The molecule has 10 aromatic carbocycles. The molecule has 0 amide bonds. The summed E-state index contributed by atoms with van der Waals surface area (Å²) in [6.07, 6.45) is 2.09. The van der Waals surface area contributed by atoms with Crippen LogP contribution in [0.1, 0.15) is 47.9 Å². The van der Waals surface area contributed by atoms with Crippen LogP contribution < -0.4 is 0 Å². The van der Waals surface area contributed by atoms with Gasteiger partial charge >= 0.3 is 30.2 Å². The van der Waals surface area contributed by atoms with Crippen molar-refractivity contribution in [1.82, 2.24) is 0 Å². The zero-order valence-corrected chi connectivity index (χ0v) is 43.4. The summed E-state index contributed by atoms with van der Waals surface area (Å²) in [5.74, 6) is 0.978. The topological polar surface area (TPSA) is 0 Å². The number of fused-ring (bicyclic) bond motifs is 2. The Labute approximate surface area is 423 Å². The van der Waals surface area contributed by atoms with Crippen molar-refractivity contribution in [2.24, 2.45) is 0 Å². The Bertz CT molecular complexity index is 2590. The van der Waals surface area contributed by atoms with E-state index in [4.69, 9.17) is 0 Å². The normalized spacial score (nSPS) is 11.1. The Balaban J connectivity index is 0.000000263. The first kappa shape index (κ1) is 53.3. The van der Waals surface area contributed by atoms with Crippen LogP contribution in [-0.4, -0.2) is 6.88 Å². The van der Waals surface area contributed by atoms with Crippen LogP contribution in [0.4, 0.5) is 0 Å². The van der Waals surface area contributed by atoms with Crippen LogP contribution in [0.3, 0.4) is 0 Å². The standard InChI is InChI=1S/2C30H25.2CH3.2ClH.Si.Zr/c2*1-22(24-11-5-2-6-12-24)19-23-20-29-27(25-13-7-3-8-14-25)17-18-28(30(29)21-23)26-15-9-4-10-16-26;;;;;;/h2*2-18,20-22H,19H2,1H3;2*1H3;2*1H;;/q4*-1;;;;. The molecule has 2 unspecified atom stereocenters. The fourth-order valence-corrected chi connectivity index (χ4v) is 8.94. The predicted molar refractivity (Wildman–Crippen MR) is 291 cm³/mol. The summed E-state index contributed by atoms with van der Waals surface area (Å²) in [6, 6.07) is 83.3. The van der Waals surface area contributed by atoms with Gasteiger partial charge in [0, 0.05) is 0 Å². The molecule has 4 heteroatoms. The Kier molecular flexibility index (Phi) is 21.1. The Morgan fingerprint density at radius 3 is 0.894 bits per heavy atom. The molecule has 0 nitrogen and oxygen atoms in total. The summed E-state index contributed by atoms with van der Waals surface area (Å²) in [5, 5.41) is 5.38. The molecule has 0 N–H and O–H groups in total. The molecule has 0 aliphatic rings. The van der Waals surface area contributed by atoms with Gasteiger partial charge in [0.05, 0.1) is 0 Å². The van der Waals surface area contributed by atoms with Gasteiger partial charge < -0.3 is 14.9 Å². The van der Waals surface area contributed by atoms with Gasteiger partial charge in [-0.3, -0.25) is 0 Å². The molecule has 0 fully saturated rings. The van der Waals surface area contributed by atoms with Crippen molar-refractivity contribution in [2.45, 2.75) is 38.5 Å². The zero-order chi connectivity index (χ0) is 42.7. The van der Waals surface area contributed by atoms with E-state index in [9.17, 15) is 0 Å². The van der Waals surface area contributed by atoms with E-state index in [1.54, 1.807) is 0 Å². The van der Waals surface area contributed by atoms with Crippen LogP contribution in [0.15, 0.2) is 231 Å². The summed E-state index contributed by atoms with van der Waals surface area (Å²) < 4.78 is 0. The molecule has 0 aromatic heterocycles. The van der Waals surface area contributed by atoms with Gasteiger partial charge in [-0.15, -0.1) is 69.6 Å². The van der Waals surface area contributed by atoms with Crippen molar-refractivity contribution in [2.75, 3.05) is 0 Å². The first-order valence-electron chi connectivity index (χ1n) is 21.6. The van der Waals surface area contributed by atoms with Gasteiger partial charge in [-0.2, -0.15) is 12.1 Å². The Morgan fingerprint density at radius 1 is 0.364 bits per heavy atom. The minimum absolute atomic E-state index is 0. The monoisotopic (exact) mass is 990 g/mol. The fourth-order valence-electron chi connectivity index (χ4n) is 8.94. The van der Waals surface area contributed by atoms with Crippen LogP contribution in [0, 0.1) is 14.9 Å². The first-order valence-corrected chi connectivity index (χ1v) is 25.8.